The van der Waals surface area contributed by atoms with E-state index in [1.807, 2.05) is 0 Å². The third kappa shape index (κ3) is 8.35. The minimum Gasteiger partial charge on any atom is -0.279 e. The lowest BCUT2D eigenvalue weighted by Crippen LogP contribution is -2.33. The number of rotatable bonds is 8. The molecule has 0 bridgehead atoms. The lowest BCUT2D eigenvalue weighted by atomic mass is 10.1. The standard InChI is InChI=1S/C10H16F6O2S2/c1-3-5-7(18-20(17)10(14,15)16)8(6-4-2)19-9(11,12)13/h7-8H,3-6H2,1-2H3/t7-,8-,20?/m0/s1. The fraction of sp³-hybridized carbons (Fsp3) is 1.00. The molecule has 0 rings (SSSR count). The van der Waals surface area contributed by atoms with Crippen LogP contribution in [0.4, 0.5) is 26.3 Å². The first-order valence-corrected chi connectivity index (χ1v) is 7.87. The highest BCUT2D eigenvalue weighted by molar-refractivity contribution is 8.00. The van der Waals surface area contributed by atoms with Crippen molar-refractivity contribution in [2.45, 2.75) is 61.9 Å². The predicted octanol–water partition coefficient (Wildman–Crippen LogP) is 4.78. The molecule has 0 aliphatic rings. The van der Waals surface area contributed by atoms with Crippen LogP contribution in [0.3, 0.4) is 0 Å². The van der Waals surface area contributed by atoms with Crippen LogP contribution in [0.25, 0.3) is 0 Å². The van der Waals surface area contributed by atoms with E-state index >= 15 is 0 Å². The molecule has 0 amide bonds. The van der Waals surface area contributed by atoms with Gasteiger partial charge in [0.1, 0.15) is 0 Å². The van der Waals surface area contributed by atoms with E-state index < -0.39 is 45.2 Å². The highest BCUT2D eigenvalue weighted by atomic mass is 32.2. The summed E-state index contributed by atoms with van der Waals surface area (Å²) in [6.45, 7) is 3.22. The Morgan fingerprint density at radius 1 is 1.05 bits per heavy atom. The van der Waals surface area contributed by atoms with Crippen LogP contribution in [0.1, 0.15) is 39.5 Å². The number of hydrogen-bond donors (Lipinski definition) is 0. The molecule has 0 aromatic rings. The average Bonchev–Trinajstić information content (AvgIpc) is 2.24. The summed E-state index contributed by atoms with van der Waals surface area (Å²) in [5, 5.41) is -1.20. The van der Waals surface area contributed by atoms with Gasteiger partial charge in [-0.3, -0.25) is 4.18 Å². The fourth-order valence-electron chi connectivity index (χ4n) is 1.52. The third-order valence-corrected chi connectivity index (χ3v) is 4.16. The molecule has 0 fully saturated rings. The summed E-state index contributed by atoms with van der Waals surface area (Å²) in [6.07, 6.45) is -0.651. The van der Waals surface area contributed by atoms with E-state index in [9.17, 15) is 30.6 Å². The van der Waals surface area contributed by atoms with Gasteiger partial charge in [0.25, 0.3) is 11.1 Å². The maximum absolute atomic E-state index is 12.4. The van der Waals surface area contributed by atoms with Crippen molar-refractivity contribution in [3.8, 4) is 0 Å². The van der Waals surface area contributed by atoms with Crippen molar-refractivity contribution in [1.29, 1.82) is 0 Å². The van der Waals surface area contributed by atoms with E-state index in [0.717, 1.165) is 0 Å². The monoisotopic (exact) mass is 346 g/mol. The second-order valence-corrected chi connectivity index (χ2v) is 6.42. The molecule has 0 saturated heterocycles. The van der Waals surface area contributed by atoms with Crippen molar-refractivity contribution in [2.75, 3.05) is 0 Å². The average molecular weight is 346 g/mol. The van der Waals surface area contributed by atoms with Crippen molar-refractivity contribution in [3.05, 3.63) is 0 Å². The van der Waals surface area contributed by atoms with Gasteiger partial charge in [-0.25, -0.2) is 4.21 Å². The first kappa shape index (κ1) is 20.0. The van der Waals surface area contributed by atoms with Gasteiger partial charge in [-0.1, -0.05) is 26.7 Å². The van der Waals surface area contributed by atoms with E-state index in [2.05, 4.69) is 4.18 Å². The predicted molar refractivity (Wildman–Crippen MR) is 66.3 cm³/mol. The summed E-state index contributed by atoms with van der Waals surface area (Å²) in [6, 6.07) is 0. The van der Waals surface area contributed by atoms with Crippen LogP contribution in [0, 0.1) is 0 Å². The summed E-state index contributed by atoms with van der Waals surface area (Å²) in [5.41, 5.74) is -9.67. The van der Waals surface area contributed by atoms with Crippen molar-refractivity contribution < 1.29 is 34.7 Å². The number of hydrogen-bond acceptors (Lipinski definition) is 3. The maximum atomic E-state index is 12.4. The Labute approximate surface area is 120 Å². The Morgan fingerprint density at radius 2 is 1.55 bits per heavy atom. The minimum atomic E-state index is -5.09. The number of alkyl halides is 6. The first-order chi connectivity index (χ1) is 9.01. The van der Waals surface area contributed by atoms with Crippen molar-refractivity contribution >= 4 is 22.8 Å². The molecule has 20 heavy (non-hydrogen) atoms. The van der Waals surface area contributed by atoms with E-state index in [4.69, 9.17) is 0 Å². The maximum Gasteiger partial charge on any atom is 0.497 e. The molecule has 1 unspecified atom stereocenters. The van der Waals surface area contributed by atoms with E-state index in [0.29, 0.717) is 12.8 Å². The fourth-order valence-corrected chi connectivity index (χ4v) is 3.20. The molecule has 0 aromatic heterocycles. The Morgan fingerprint density at radius 3 is 1.90 bits per heavy atom. The molecule has 0 aliphatic carbocycles. The van der Waals surface area contributed by atoms with Crippen molar-refractivity contribution in [3.63, 3.8) is 0 Å². The smallest absolute Gasteiger partial charge is 0.279 e. The van der Waals surface area contributed by atoms with E-state index in [1.165, 1.54) is 0 Å². The highest BCUT2D eigenvalue weighted by Crippen LogP contribution is 2.39. The third-order valence-electron chi connectivity index (χ3n) is 2.25. The number of thioether (sulfide) groups is 1. The van der Waals surface area contributed by atoms with Crippen molar-refractivity contribution in [1.82, 2.24) is 0 Å². The molecule has 3 atom stereocenters. The zero-order valence-corrected chi connectivity index (χ0v) is 12.5. The van der Waals surface area contributed by atoms with Gasteiger partial charge in [0, 0.05) is 5.25 Å². The lowest BCUT2D eigenvalue weighted by molar-refractivity contribution is -0.0505. The summed E-state index contributed by atoms with van der Waals surface area (Å²) < 4.78 is 89.0. The minimum absolute atomic E-state index is 0.0183. The van der Waals surface area contributed by atoms with Crippen molar-refractivity contribution in [2.24, 2.45) is 0 Å². The van der Waals surface area contributed by atoms with Gasteiger partial charge >= 0.3 is 11.0 Å². The van der Waals surface area contributed by atoms with E-state index in [1.54, 1.807) is 13.8 Å². The first-order valence-electron chi connectivity index (χ1n) is 5.91. The molecule has 2 nitrogen and oxygen atoms in total. The summed E-state index contributed by atoms with van der Waals surface area (Å²) in [4.78, 5) is 0. The second kappa shape index (κ2) is 8.47. The van der Waals surface area contributed by atoms with Crippen LogP contribution >= 0.6 is 11.8 Å². The summed E-state index contributed by atoms with van der Waals surface area (Å²) in [5.74, 6) is 0. The molecule has 0 radical (unpaired) electrons. The SMILES string of the molecule is CCC[C@H](OS(=O)C(F)(F)F)[C@H](CCC)SC(F)(F)F. The second-order valence-electron chi connectivity index (χ2n) is 3.99. The zero-order valence-electron chi connectivity index (χ0n) is 10.9. The Balaban J connectivity index is 4.93. The van der Waals surface area contributed by atoms with Crippen LogP contribution < -0.4 is 0 Å². The quantitative estimate of drug-likeness (QED) is 0.592. The molecule has 0 spiro atoms. The Bertz CT molecular complexity index is 305. The molecule has 0 N–H and O–H groups in total. The Kier molecular flexibility index (Phi) is 8.49. The zero-order chi connectivity index (χ0) is 16.0. The van der Waals surface area contributed by atoms with E-state index in [-0.39, 0.29) is 12.8 Å². The van der Waals surface area contributed by atoms with Crippen LogP contribution in [0.5, 0.6) is 0 Å². The van der Waals surface area contributed by atoms with Gasteiger partial charge in [-0.15, -0.1) is 0 Å². The molecule has 122 valence electrons. The van der Waals surface area contributed by atoms with Crippen LogP contribution in [-0.2, 0) is 15.3 Å². The molecule has 10 heteroatoms. The molecule has 0 heterocycles. The number of halogens is 6. The molecular weight excluding hydrogens is 330 g/mol. The summed E-state index contributed by atoms with van der Waals surface area (Å²) in [7, 11) is 0. The molecule has 0 aliphatic heterocycles. The highest BCUT2D eigenvalue weighted by Gasteiger charge is 2.43. The van der Waals surface area contributed by atoms with Gasteiger partial charge in [-0.2, -0.15) is 26.3 Å². The molecule has 0 saturated carbocycles. The van der Waals surface area contributed by atoms with Gasteiger partial charge in [0.05, 0.1) is 6.10 Å². The summed E-state index contributed by atoms with van der Waals surface area (Å²) >= 11 is -4.00. The molecule has 0 aromatic carbocycles. The van der Waals surface area contributed by atoms with Gasteiger partial charge < -0.3 is 0 Å². The van der Waals surface area contributed by atoms with Gasteiger partial charge in [-0.05, 0) is 24.6 Å². The normalized spacial score (nSPS) is 17.8. The van der Waals surface area contributed by atoms with Crippen LogP contribution in [-0.4, -0.2) is 26.6 Å². The van der Waals surface area contributed by atoms with Crippen LogP contribution in [0.2, 0.25) is 0 Å². The topological polar surface area (TPSA) is 26.3 Å². The van der Waals surface area contributed by atoms with Gasteiger partial charge in [0.15, 0.2) is 0 Å². The van der Waals surface area contributed by atoms with Crippen LogP contribution in [0.15, 0.2) is 0 Å². The Hall–Kier alpha value is 0.0400. The molecular formula is C10H16F6O2S2. The van der Waals surface area contributed by atoms with Gasteiger partial charge in [0.2, 0.25) is 0 Å². The lowest BCUT2D eigenvalue weighted by Gasteiger charge is -2.26. The largest absolute Gasteiger partial charge is 0.497 e.